The van der Waals surface area contributed by atoms with Gasteiger partial charge in [-0.3, -0.25) is 13.9 Å². The van der Waals surface area contributed by atoms with Crippen LogP contribution in [-0.2, 0) is 17.9 Å². The molecule has 0 atom stereocenters. The first kappa shape index (κ1) is 20.9. The summed E-state index contributed by atoms with van der Waals surface area (Å²) in [5.41, 5.74) is 5.25. The highest BCUT2D eigenvalue weighted by Crippen LogP contribution is 2.25. The predicted octanol–water partition coefficient (Wildman–Crippen LogP) is 3.80. The number of aromatic nitrogens is 5. The first-order chi connectivity index (χ1) is 16.1. The van der Waals surface area contributed by atoms with Gasteiger partial charge in [-0.1, -0.05) is 41.1 Å². The van der Waals surface area contributed by atoms with Crippen molar-refractivity contribution < 1.29 is 4.79 Å². The highest BCUT2D eigenvalue weighted by molar-refractivity contribution is 5.90. The zero-order valence-electron chi connectivity index (χ0n) is 18.6. The highest BCUT2D eigenvalue weighted by atomic mass is 16.2. The molecule has 0 spiro atoms. The Bertz CT molecular complexity index is 1390. The van der Waals surface area contributed by atoms with Crippen molar-refractivity contribution in [1.29, 1.82) is 0 Å². The fourth-order valence-corrected chi connectivity index (χ4v) is 4.30. The summed E-state index contributed by atoms with van der Waals surface area (Å²) in [5, 5.41) is 11.1. The van der Waals surface area contributed by atoms with Crippen LogP contribution in [0.2, 0.25) is 0 Å². The summed E-state index contributed by atoms with van der Waals surface area (Å²) in [5.74, 6) is -0.187. The number of benzene rings is 2. The van der Waals surface area contributed by atoms with Gasteiger partial charge in [0.25, 0.3) is 0 Å². The first-order valence-electron chi connectivity index (χ1n) is 11.2. The monoisotopic (exact) mass is 442 g/mol. The van der Waals surface area contributed by atoms with Gasteiger partial charge in [0.05, 0.1) is 23.8 Å². The Morgan fingerprint density at radius 1 is 1.06 bits per heavy atom. The molecule has 2 heterocycles. The van der Waals surface area contributed by atoms with E-state index in [4.69, 9.17) is 0 Å². The molecule has 0 aliphatic heterocycles. The minimum atomic E-state index is -0.187. The second-order valence-corrected chi connectivity index (χ2v) is 8.46. The van der Waals surface area contributed by atoms with E-state index in [1.165, 1.54) is 4.68 Å². The highest BCUT2D eigenvalue weighted by Gasteiger charge is 2.18. The predicted molar refractivity (Wildman–Crippen MR) is 128 cm³/mol. The van der Waals surface area contributed by atoms with Crippen LogP contribution in [0.4, 0.5) is 5.69 Å². The molecule has 0 saturated heterocycles. The van der Waals surface area contributed by atoms with Gasteiger partial charge in [0, 0.05) is 11.4 Å². The van der Waals surface area contributed by atoms with E-state index in [9.17, 15) is 9.59 Å². The maximum atomic E-state index is 13.4. The Hall–Kier alpha value is -3.94. The number of fused-ring (bicyclic) bond motifs is 1. The second kappa shape index (κ2) is 8.90. The molecule has 1 N–H and O–H groups in total. The smallest absolute Gasteiger partial charge is 0.324 e. The number of nitrogens with one attached hydrogen (secondary N) is 1. The number of imidazole rings is 1. The van der Waals surface area contributed by atoms with Crippen molar-refractivity contribution in [2.24, 2.45) is 0 Å². The van der Waals surface area contributed by atoms with Gasteiger partial charge in [0.1, 0.15) is 12.2 Å². The third kappa shape index (κ3) is 4.37. The molecule has 1 amide bonds. The van der Waals surface area contributed by atoms with E-state index in [1.54, 1.807) is 10.8 Å². The number of rotatable bonds is 6. The molecular weight excluding hydrogens is 416 g/mol. The maximum absolute atomic E-state index is 13.4. The lowest BCUT2D eigenvalue weighted by atomic mass is 10.0. The SMILES string of the molecule is Cc1ccc(NC(=O)Cn2cc(Cn3c(=O)n(C4=CCCCC4)c4ccccc43)nn2)cc1. The van der Waals surface area contributed by atoms with Gasteiger partial charge >= 0.3 is 5.69 Å². The largest absolute Gasteiger partial charge is 0.333 e. The van der Waals surface area contributed by atoms with Crippen molar-refractivity contribution in [3.05, 3.63) is 82.5 Å². The van der Waals surface area contributed by atoms with Gasteiger partial charge < -0.3 is 5.32 Å². The molecule has 0 radical (unpaired) electrons. The van der Waals surface area contributed by atoms with E-state index >= 15 is 0 Å². The molecular formula is C25H26N6O2. The molecule has 0 unspecified atom stereocenters. The molecule has 1 aliphatic rings. The minimum Gasteiger partial charge on any atom is -0.324 e. The van der Waals surface area contributed by atoms with Crippen LogP contribution in [0, 0.1) is 6.92 Å². The standard InChI is InChI=1S/C25H26N6O2/c1-18-11-13-19(14-12-18)26-24(32)17-29-15-20(27-28-29)16-30-22-9-5-6-10-23(22)31(25(30)33)21-7-3-2-4-8-21/h5-7,9-15H,2-4,8,16-17H2,1H3,(H,26,32). The van der Waals surface area contributed by atoms with E-state index in [-0.39, 0.29) is 18.1 Å². The Labute approximate surface area is 191 Å². The summed E-state index contributed by atoms with van der Waals surface area (Å²) in [7, 11) is 0. The van der Waals surface area contributed by atoms with Crippen LogP contribution in [0.5, 0.6) is 0 Å². The quantitative estimate of drug-likeness (QED) is 0.492. The normalized spacial score (nSPS) is 13.8. The van der Waals surface area contributed by atoms with Crippen molar-refractivity contribution in [2.75, 3.05) is 5.32 Å². The molecule has 33 heavy (non-hydrogen) atoms. The Kier molecular flexibility index (Phi) is 5.64. The van der Waals surface area contributed by atoms with Crippen LogP contribution < -0.4 is 11.0 Å². The lowest BCUT2D eigenvalue weighted by Gasteiger charge is -2.13. The number of para-hydroxylation sites is 2. The van der Waals surface area contributed by atoms with Crippen LogP contribution in [0.25, 0.3) is 16.7 Å². The molecule has 8 nitrogen and oxygen atoms in total. The molecule has 4 aromatic rings. The third-order valence-corrected chi connectivity index (χ3v) is 5.94. The number of carbonyl (C=O) groups excluding carboxylic acids is 1. The summed E-state index contributed by atoms with van der Waals surface area (Å²) >= 11 is 0. The molecule has 168 valence electrons. The van der Waals surface area contributed by atoms with Gasteiger partial charge in [-0.05, 0) is 56.9 Å². The number of aryl methyl sites for hydroxylation is 1. The van der Waals surface area contributed by atoms with Crippen LogP contribution >= 0.6 is 0 Å². The average molecular weight is 443 g/mol. The molecule has 5 rings (SSSR count). The second-order valence-electron chi connectivity index (χ2n) is 8.46. The summed E-state index contributed by atoms with van der Waals surface area (Å²) in [6.45, 7) is 2.33. The molecule has 0 fully saturated rings. The van der Waals surface area contributed by atoms with Crippen molar-refractivity contribution in [2.45, 2.75) is 45.7 Å². The van der Waals surface area contributed by atoms with Crippen LogP contribution in [0.1, 0.15) is 36.9 Å². The zero-order valence-corrected chi connectivity index (χ0v) is 18.6. The van der Waals surface area contributed by atoms with Gasteiger partial charge in [-0.15, -0.1) is 5.10 Å². The summed E-state index contributed by atoms with van der Waals surface area (Å²) in [4.78, 5) is 25.7. The van der Waals surface area contributed by atoms with E-state index in [2.05, 4.69) is 21.7 Å². The van der Waals surface area contributed by atoms with E-state index < -0.39 is 0 Å². The number of anilines is 1. The third-order valence-electron chi connectivity index (χ3n) is 5.94. The zero-order chi connectivity index (χ0) is 22.8. The fourth-order valence-electron chi connectivity index (χ4n) is 4.30. The summed E-state index contributed by atoms with van der Waals surface area (Å²) < 4.78 is 5.05. The molecule has 1 aliphatic carbocycles. The average Bonchev–Trinajstić information content (AvgIpc) is 3.38. The van der Waals surface area contributed by atoms with Gasteiger partial charge in [-0.25, -0.2) is 9.48 Å². The van der Waals surface area contributed by atoms with Crippen molar-refractivity contribution in [3.8, 4) is 0 Å². The van der Waals surface area contributed by atoms with E-state index in [0.29, 0.717) is 12.2 Å². The lowest BCUT2D eigenvalue weighted by Crippen LogP contribution is -2.25. The van der Waals surface area contributed by atoms with Crippen molar-refractivity contribution in [3.63, 3.8) is 0 Å². The number of amides is 1. The maximum Gasteiger partial charge on any atom is 0.333 e. The Morgan fingerprint density at radius 3 is 2.61 bits per heavy atom. The van der Waals surface area contributed by atoms with Crippen LogP contribution in [0.15, 0.2) is 65.6 Å². The van der Waals surface area contributed by atoms with E-state index in [0.717, 1.165) is 53.7 Å². The van der Waals surface area contributed by atoms with Crippen LogP contribution in [0.3, 0.4) is 0 Å². The number of hydrogen-bond acceptors (Lipinski definition) is 4. The number of nitrogens with zero attached hydrogens (tertiary/aromatic N) is 5. The molecule has 2 aromatic carbocycles. The number of carbonyl (C=O) groups is 1. The Balaban J connectivity index is 1.36. The minimum absolute atomic E-state index is 0.0461. The van der Waals surface area contributed by atoms with Crippen molar-refractivity contribution in [1.82, 2.24) is 24.1 Å². The van der Waals surface area contributed by atoms with Gasteiger partial charge in [-0.2, -0.15) is 0 Å². The molecule has 0 bridgehead atoms. The first-order valence-corrected chi connectivity index (χ1v) is 11.2. The summed E-state index contributed by atoms with van der Waals surface area (Å²) in [6, 6.07) is 15.4. The van der Waals surface area contributed by atoms with Crippen LogP contribution in [-0.4, -0.2) is 30.0 Å². The molecule has 0 saturated carbocycles. The summed E-state index contributed by atoms with van der Waals surface area (Å²) in [6.07, 6.45) is 8.05. The molecule has 8 heteroatoms. The topological polar surface area (TPSA) is 86.7 Å². The van der Waals surface area contributed by atoms with Gasteiger partial charge in [0.15, 0.2) is 0 Å². The van der Waals surface area contributed by atoms with E-state index in [1.807, 2.05) is 60.0 Å². The van der Waals surface area contributed by atoms with Gasteiger partial charge in [0.2, 0.25) is 5.91 Å². The Morgan fingerprint density at radius 2 is 1.85 bits per heavy atom. The van der Waals surface area contributed by atoms with Crippen molar-refractivity contribution >= 4 is 28.3 Å². The molecule has 2 aromatic heterocycles. The fraction of sp³-hybridized carbons (Fsp3) is 0.280. The number of hydrogen-bond donors (Lipinski definition) is 1. The number of allylic oxidation sites excluding steroid dienone is 2. The lowest BCUT2D eigenvalue weighted by molar-refractivity contribution is -0.116.